The van der Waals surface area contributed by atoms with Gasteiger partial charge < -0.3 is 14.9 Å². The topological polar surface area (TPSA) is 50.5 Å². The van der Waals surface area contributed by atoms with E-state index in [4.69, 9.17) is 5.26 Å². The molecule has 0 aliphatic carbocycles. The van der Waals surface area contributed by atoms with Gasteiger partial charge in [-0.2, -0.15) is 5.26 Å². The van der Waals surface area contributed by atoms with Crippen LogP contribution in [0.2, 0.25) is 0 Å². The first-order valence-electron chi connectivity index (χ1n) is 7.20. The zero-order valence-corrected chi connectivity index (χ0v) is 12.5. The van der Waals surface area contributed by atoms with Gasteiger partial charge in [-0.05, 0) is 46.0 Å². The van der Waals surface area contributed by atoms with Gasteiger partial charge in [-0.3, -0.25) is 0 Å². The van der Waals surface area contributed by atoms with Crippen molar-refractivity contribution in [2.45, 2.75) is 32.4 Å². The largest absolute Gasteiger partial charge is 0.389 e. The van der Waals surface area contributed by atoms with Crippen LogP contribution < -0.4 is 4.90 Å². The van der Waals surface area contributed by atoms with Gasteiger partial charge in [-0.1, -0.05) is 6.07 Å². The van der Waals surface area contributed by atoms with Crippen LogP contribution in [0, 0.1) is 11.3 Å². The second-order valence-corrected chi connectivity index (χ2v) is 5.72. The fourth-order valence-electron chi connectivity index (χ4n) is 2.95. The van der Waals surface area contributed by atoms with E-state index in [-0.39, 0.29) is 0 Å². The van der Waals surface area contributed by atoms with Crippen molar-refractivity contribution in [3.05, 3.63) is 29.3 Å². The number of aliphatic hydroxyl groups excluding tert-OH is 1. The molecule has 2 atom stereocenters. The number of hydrogen-bond donors (Lipinski definition) is 1. The number of anilines is 1. The molecule has 1 aromatic rings. The number of hydrogen-bond acceptors (Lipinski definition) is 4. The molecular weight excluding hydrogens is 250 g/mol. The van der Waals surface area contributed by atoms with E-state index in [2.05, 4.69) is 29.8 Å². The van der Waals surface area contributed by atoms with Crippen LogP contribution in [0.5, 0.6) is 0 Å². The summed E-state index contributed by atoms with van der Waals surface area (Å²) in [6.45, 7) is 7.02. The Morgan fingerprint density at radius 2 is 2.15 bits per heavy atom. The molecule has 1 fully saturated rings. The van der Waals surface area contributed by atoms with Crippen LogP contribution in [0.15, 0.2) is 18.2 Å². The highest BCUT2D eigenvalue weighted by atomic mass is 16.3. The summed E-state index contributed by atoms with van der Waals surface area (Å²) in [4.78, 5) is 4.66. The van der Waals surface area contributed by atoms with Gasteiger partial charge in [-0.15, -0.1) is 0 Å². The molecule has 1 aliphatic heterocycles. The lowest BCUT2D eigenvalue weighted by Crippen LogP contribution is -2.38. The van der Waals surface area contributed by atoms with Gasteiger partial charge >= 0.3 is 0 Å². The number of likely N-dealkylation sites (N-methyl/N-ethyl adjacent to an activating group) is 1. The van der Waals surface area contributed by atoms with Gasteiger partial charge in [0.25, 0.3) is 0 Å². The van der Waals surface area contributed by atoms with Crippen molar-refractivity contribution in [1.82, 2.24) is 4.90 Å². The van der Waals surface area contributed by atoms with Gasteiger partial charge in [0, 0.05) is 30.4 Å². The minimum absolute atomic E-state index is 0.369. The quantitative estimate of drug-likeness (QED) is 0.897. The van der Waals surface area contributed by atoms with E-state index in [1.54, 1.807) is 13.0 Å². The maximum Gasteiger partial charge on any atom is 0.0992 e. The number of nitriles is 1. The van der Waals surface area contributed by atoms with E-state index in [0.717, 1.165) is 37.3 Å². The predicted molar refractivity (Wildman–Crippen MR) is 80.7 cm³/mol. The Hall–Kier alpha value is -1.57. The number of aliphatic hydroxyl groups is 1. The predicted octanol–water partition coefficient (Wildman–Crippen LogP) is 2.14. The molecule has 20 heavy (non-hydrogen) atoms. The summed E-state index contributed by atoms with van der Waals surface area (Å²) in [5.74, 6) is 0. The Bertz CT molecular complexity index is 507. The lowest BCUT2D eigenvalue weighted by Gasteiger charge is -2.32. The summed E-state index contributed by atoms with van der Waals surface area (Å²) < 4.78 is 0. The average Bonchev–Trinajstić information content (AvgIpc) is 2.58. The van der Waals surface area contributed by atoms with Gasteiger partial charge in [0.05, 0.1) is 17.7 Å². The van der Waals surface area contributed by atoms with E-state index in [1.807, 2.05) is 12.1 Å². The Balaban J connectivity index is 2.41. The minimum atomic E-state index is -0.522. The zero-order chi connectivity index (χ0) is 14.7. The lowest BCUT2D eigenvalue weighted by atomic mass is 10.0. The van der Waals surface area contributed by atoms with E-state index < -0.39 is 6.10 Å². The lowest BCUT2D eigenvalue weighted by molar-refractivity contribution is 0.199. The molecule has 0 saturated carbocycles. The van der Waals surface area contributed by atoms with E-state index in [9.17, 15) is 5.11 Å². The smallest absolute Gasteiger partial charge is 0.0992 e. The average molecular weight is 273 g/mol. The third kappa shape index (κ3) is 3.12. The molecule has 0 spiro atoms. The monoisotopic (exact) mass is 273 g/mol. The molecule has 0 bridgehead atoms. The molecule has 0 amide bonds. The first-order chi connectivity index (χ1) is 9.52. The second kappa shape index (κ2) is 6.25. The molecule has 2 rings (SSSR count). The standard InChI is InChI=1S/C16H23N3O/c1-12-11-18(3)7-4-8-19(12)16-9-14(10-17)5-6-15(16)13(2)20/h5-6,9,12-13,20H,4,7-8,11H2,1-3H3/t12?,13-/m0/s1. The van der Waals surface area contributed by atoms with Crippen molar-refractivity contribution in [3.63, 3.8) is 0 Å². The summed E-state index contributed by atoms with van der Waals surface area (Å²) in [5.41, 5.74) is 2.55. The molecule has 0 radical (unpaired) electrons. The van der Waals surface area contributed by atoms with Gasteiger partial charge in [0.2, 0.25) is 0 Å². The van der Waals surface area contributed by atoms with Gasteiger partial charge in [0.1, 0.15) is 0 Å². The fourth-order valence-corrected chi connectivity index (χ4v) is 2.95. The molecule has 1 N–H and O–H groups in total. The Morgan fingerprint density at radius 3 is 2.80 bits per heavy atom. The Kier molecular flexibility index (Phi) is 4.64. The van der Waals surface area contributed by atoms with Crippen molar-refractivity contribution < 1.29 is 5.11 Å². The third-order valence-corrected chi connectivity index (χ3v) is 3.97. The number of rotatable bonds is 2. The van der Waals surface area contributed by atoms with Crippen molar-refractivity contribution >= 4 is 5.69 Å². The molecule has 1 saturated heterocycles. The SMILES string of the molecule is CC1CN(C)CCCN1c1cc(C#N)ccc1[C@H](C)O. The molecule has 1 heterocycles. The summed E-state index contributed by atoms with van der Waals surface area (Å²) in [5, 5.41) is 19.1. The van der Waals surface area contributed by atoms with Crippen molar-refractivity contribution in [1.29, 1.82) is 5.26 Å². The van der Waals surface area contributed by atoms with Crippen LogP contribution in [0.1, 0.15) is 37.5 Å². The zero-order valence-electron chi connectivity index (χ0n) is 12.5. The van der Waals surface area contributed by atoms with Crippen molar-refractivity contribution in [2.24, 2.45) is 0 Å². The Morgan fingerprint density at radius 1 is 1.40 bits per heavy atom. The third-order valence-electron chi connectivity index (χ3n) is 3.97. The highest BCUT2D eigenvalue weighted by Gasteiger charge is 2.23. The molecular formula is C16H23N3O. The number of nitrogens with zero attached hydrogens (tertiary/aromatic N) is 3. The highest BCUT2D eigenvalue weighted by Crippen LogP contribution is 2.30. The van der Waals surface area contributed by atoms with Crippen LogP contribution in [0.25, 0.3) is 0 Å². The molecule has 4 nitrogen and oxygen atoms in total. The number of benzene rings is 1. The van der Waals surface area contributed by atoms with Gasteiger partial charge in [0.15, 0.2) is 0 Å². The highest BCUT2D eigenvalue weighted by molar-refractivity contribution is 5.59. The fraction of sp³-hybridized carbons (Fsp3) is 0.562. The van der Waals surface area contributed by atoms with E-state index in [0.29, 0.717) is 11.6 Å². The summed E-state index contributed by atoms with van der Waals surface area (Å²) in [7, 11) is 2.14. The minimum Gasteiger partial charge on any atom is -0.389 e. The van der Waals surface area contributed by atoms with Crippen LogP contribution in [-0.4, -0.2) is 42.7 Å². The van der Waals surface area contributed by atoms with E-state index >= 15 is 0 Å². The first-order valence-corrected chi connectivity index (χ1v) is 7.20. The van der Waals surface area contributed by atoms with E-state index in [1.165, 1.54) is 0 Å². The maximum atomic E-state index is 9.99. The first kappa shape index (κ1) is 14.8. The van der Waals surface area contributed by atoms with Crippen LogP contribution >= 0.6 is 0 Å². The van der Waals surface area contributed by atoms with Crippen LogP contribution in [0.4, 0.5) is 5.69 Å². The molecule has 1 aromatic carbocycles. The molecule has 108 valence electrons. The van der Waals surface area contributed by atoms with Crippen molar-refractivity contribution in [3.8, 4) is 6.07 Å². The maximum absolute atomic E-state index is 9.99. The van der Waals surface area contributed by atoms with Crippen molar-refractivity contribution in [2.75, 3.05) is 31.6 Å². The molecule has 4 heteroatoms. The van der Waals surface area contributed by atoms with Gasteiger partial charge in [-0.25, -0.2) is 0 Å². The van der Waals surface area contributed by atoms with Crippen LogP contribution in [0.3, 0.4) is 0 Å². The van der Waals surface area contributed by atoms with Crippen LogP contribution in [-0.2, 0) is 0 Å². The molecule has 0 aromatic heterocycles. The second-order valence-electron chi connectivity index (χ2n) is 5.72. The molecule has 1 unspecified atom stereocenters. The molecule has 1 aliphatic rings. The summed E-state index contributed by atoms with van der Waals surface area (Å²) in [6, 6.07) is 8.12. The summed E-state index contributed by atoms with van der Waals surface area (Å²) >= 11 is 0. The normalized spacial score (nSPS) is 22.1. The Labute approximate surface area is 121 Å². The summed E-state index contributed by atoms with van der Waals surface area (Å²) in [6.07, 6.45) is 0.572.